The predicted octanol–water partition coefficient (Wildman–Crippen LogP) is 1.74. The first-order chi connectivity index (χ1) is 16.1. The van der Waals surface area contributed by atoms with Crippen LogP contribution in [0.5, 0.6) is 5.75 Å². The standard InChI is InChI=1S/C22H20N4O6S2/c23-11(21(29)30)3-9-4-14(28)18-15(5-9)33-16(7-25-18)17-8-26-19-13(27)2-1-10(20(19)34-17)6-12(24)22(31)32/h1-2,4-5,7-8,11-12,26-27H,3,6,23-24H2,(H,29,30)(H,31,32). The molecule has 2 aliphatic heterocycles. The molecule has 34 heavy (non-hydrogen) atoms. The molecule has 0 fully saturated rings. The van der Waals surface area contributed by atoms with E-state index in [2.05, 4.69) is 10.3 Å². The molecule has 176 valence electrons. The molecule has 12 heteroatoms. The number of nitrogens with one attached hydrogen (secondary N) is 1. The first-order valence-electron chi connectivity index (χ1n) is 10.0. The van der Waals surface area contributed by atoms with Gasteiger partial charge in [0.25, 0.3) is 0 Å². The minimum absolute atomic E-state index is 0.0102. The molecule has 0 radical (unpaired) electrons. The molecule has 0 saturated heterocycles. The first kappa shape index (κ1) is 23.7. The number of aromatic nitrogens is 1. The van der Waals surface area contributed by atoms with Crippen LogP contribution in [0.3, 0.4) is 0 Å². The van der Waals surface area contributed by atoms with E-state index in [4.69, 9.17) is 16.6 Å². The molecule has 1 aromatic carbocycles. The minimum Gasteiger partial charge on any atom is -0.506 e. The number of aromatic hydroxyl groups is 1. The van der Waals surface area contributed by atoms with Crippen LogP contribution in [0.25, 0.3) is 15.5 Å². The van der Waals surface area contributed by atoms with E-state index in [1.807, 2.05) is 0 Å². The summed E-state index contributed by atoms with van der Waals surface area (Å²) >= 11 is 2.62. The summed E-state index contributed by atoms with van der Waals surface area (Å²) in [6.45, 7) is 0. The number of carbonyl (C=O) groups is 2. The lowest BCUT2D eigenvalue weighted by Crippen LogP contribution is -2.32. The summed E-state index contributed by atoms with van der Waals surface area (Å²) in [5.41, 5.74) is 12.9. The van der Waals surface area contributed by atoms with Gasteiger partial charge < -0.3 is 32.1 Å². The van der Waals surface area contributed by atoms with Gasteiger partial charge in [-0.05, 0) is 42.2 Å². The van der Waals surface area contributed by atoms with Crippen LogP contribution in [0.2, 0.25) is 0 Å². The highest BCUT2D eigenvalue weighted by Crippen LogP contribution is 2.48. The van der Waals surface area contributed by atoms with Crippen molar-refractivity contribution in [2.75, 3.05) is 5.32 Å². The van der Waals surface area contributed by atoms with Crippen molar-refractivity contribution in [3.8, 4) is 16.3 Å². The summed E-state index contributed by atoms with van der Waals surface area (Å²) in [6.07, 6.45) is 3.34. The molecule has 8 N–H and O–H groups in total. The van der Waals surface area contributed by atoms with Gasteiger partial charge in [0.2, 0.25) is 5.43 Å². The predicted molar refractivity (Wildman–Crippen MR) is 129 cm³/mol. The van der Waals surface area contributed by atoms with E-state index >= 15 is 0 Å². The van der Waals surface area contributed by atoms with Crippen LogP contribution < -0.4 is 22.2 Å². The lowest BCUT2D eigenvalue weighted by Gasteiger charge is -2.22. The van der Waals surface area contributed by atoms with Gasteiger partial charge in [-0.2, -0.15) is 0 Å². The van der Waals surface area contributed by atoms with E-state index in [0.29, 0.717) is 31.5 Å². The van der Waals surface area contributed by atoms with Gasteiger partial charge >= 0.3 is 11.9 Å². The third kappa shape index (κ3) is 4.75. The Morgan fingerprint density at radius 3 is 2.47 bits per heavy atom. The third-order valence-corrected chi connectivity index (χ3v) is 7.61. The number of benzene rings is 2. The molecule has 4 rings (SSSR count). The maximum Gasteiger partial charge on any atom is 0.320 e. The largest absolute Gasteiger partial charge is 0.506 e. The van der Waals surface area contributed by atoms with Crippen LogP contribution in [0.4, 0.5) is 5.69 Å². The van der Waals surface area contributed by atoms with E-state index < -0.39 is 24.0 Å². The van der Waals surface area contributed by atoms with E-state index in [0.717, 1.165) is 4.91 Å². The maximum absolute atomic E-state index is 12.5. The molecular formula is C22H20N4O6S2. The lowest BCUT2D eigenvalue weighted by molar-refractivity contribution is -0.139. The van der Waals surface area contributed by atoms with Crippen molar-refractivity contribution in [3.63, 3.8) is 0 Å². The highest BCUT2D eigenvalue weighted by Gasteiger charge is 2.24. The second kappa shape index (κ2) is 9.43. The van der Waals surface area contributed by atoms with Crippen molar-refractivity contribution in [1.29, 1.82) is 0 Å². The number of fused-ring (bicyclic) bond motifs is 2. The molecule has 1 aromatic rings. The topological polar surface area (TPSA) is 189 Å². The third-order valence-electron chi connectivity index (χ3n) is 5.18. The fourth-order valence-electron chi connectivity index (χ4n) is 3.44. The van der Waals surface area contributed by atoms with Crippen LogP contribution in [0.15, 0.2) is 46.4 Å². The molecule has 0 bridgehead atoms. The molecule has 1 aliphatic carbocycles. The summed E-state index contributed by atoms with van der Waals surface area (Å²) < 4.78 is 0. The second-order valence-electron chi connectivity index (χ2n) is 7.67. The number of aliphatic carboxylic acids is 2. The number of rotatable bonds is 7. The molecule has 2 unspecified atom stereocenters. The van der Waals surface area contributed by atoms with Crippen LogP contribution in [0.1, 0.15) is 16.0 Å². The van der Waals surface area contributed by atoms with Crippen LogP contribution >= 0.6 is 23.1 Å². The van der Waals surface area contributed by atoms with Gasteiger partial charge in [0.15, 0.2) is 0 Å². The van der Waals surface area contributed by atoms with E-state index in [1.165, 1.54) is 35.2 Å². The second-order valence-corrected chi connectivity index (χ2v) is 9.80. The number of nitrogens with two attached hydrogens (primary N) is 2. The zero-order chi connectivity index (χ0) is 24.6. The number of phenols is 1. The molecule has 3 aliphatic rings. The van der Waals surface area contributed by atoms with Crippen molar-refractivity contribution in [1.82, 2.24) is 4.98 Å². The Hall–Kier alpha value is -3.45. The monoisotopic (exact) mass is 500 g/mol. The van der Waals surface area contributed by atoms with Gasteiger partial charge in [-0.15, -0.1) is 11.3 Å². The Morgan fingerprint density at radius 1 is 1.06 bits per heavy atom. The molecule has 0 saturated carbocycles. The van der Waals surface area contributed by atoms with Crippen molar-refractivity contribution in [2.24, 2.45) is 11.5 Å². The number of nitrogens with zero attached hydrogens (tertiary/aromatic N) is 1. The Kier molecular flexibility index (Phi) is 6.57. The van der Waals surface area contributed by atoms with Crippen LogP contribution in [0, 0.1) is 0 Å². The maximum atomic E-state index is 12.5. The van der Waals surface area contributed by atoms with Crippen molar-refractivity contribution in [3.05, 3.63) is 62.9 Å². The molecular weight excluding hydrogens is 480 g/mol. The average Bonchev–Trinajstić information content (AvgIpc) is 2.80. The number of anilines is 1. The SMILES string of the molecule is NC(Cc1cc2sc(C3=CNc4c(O)ccc(CC(N)C(=O)O)c4S3)cnc-2c(=O)c1)C(=O)O. The minimum atomic E-state index is -1.15. The van der Waals surface area contributed by atoms with Gasteiger partial charge in [-0.1, -0.05) is 17.8 Å². The number of thioether (sulfide) groups is 1. The zero-order valence-corrected chi connectivity index (χ0v) is 19.2. The van der Waals surface area contributed by atoms with E-state index in [9.17, 15) is 24.6 Å². The van der Waals surface area contributed by atoms with Crippen molar-refractivity contribution < 1.29 is 24.9 Å². The molecule has 0 spiro atoms. The van der Waals surface area contributed by atoms with Crippen molar-refractivity contribution >= 4 is 45.6 Å². The van der Waals surface area contributed by atoms with Gasteiger partial charge in [0, 0.05) is 22.2 Å². The Morgan fingerprint density at radius 2 is 1.76 bits per heavy atom. The lowest BCUT2D eigenvalue weighted by atomic mass is 10.0. The fraction of sp³-hybridized carbons (Fsp3) is 0.182. The van der Waals surface area contributed by atoms with E-state index in [1.54, 1.807) is 24.5 Å². The Bertz CT molecular complexity index is 1360. The van der Waals surface area contributed by atoms with Crippen LogP contribution in [-0.4, -0.2) is 44.3 Å². The molecule has 10 nitrogen and oxygen atoms in total. The number of hydrogen-bond acceptors (Lipinski definition) is 10. The number of hydrogen-bond donors (Lipinski definition) is 6. The summed E-state index contributed by atoms with van der Waals surface area (Å²) in [4.78, 5) is 41.8. The smallest absolute Gasteiger partial charge is 0.320 e. The van der Waals surface area contributed by atoms with E-state index in [-0.39, 0.29) is 29.7 Å². The molecule has 0 amide bonds. The molecule has 2 atom stereocenters. The van der Waals surface area contributed by atoms with Crippen molar-refractivity contribution in [2.45, 2.75) is 29.8 Å². The number of carboxylic acid groups (broad SMARTS) is 2. The van der Waals surface area contributed by atoms with Gasteiger partial charge in [-0.3, -0.25) is 14.4 Å². The summed E-state index contributed by atoms with van der Waals surface area (Å²) in [7, 11) is 0. The number of phenolic OH excluding ortho intramolecular Hbond substituents is 1. The highest BCUT2D eigenvalue weighted by atomic mass is 32.2. The highest BCUT2D eigenvalue weighted by molar-refractivity contribution is 8.08. The zero-order valence-electron chi connectivity index (χ0n) is 17.5. The number of carboxylic acids is 2. The Labute approximate surface area is 201 Å². The normalized spacial score (nSPS) is 14.6. The van der Waals surface area contributed by atoms with Gasteiger partial charge in [0.05, 0.1) is 15.4 Å². The molecule has 0 aromatic heterocycles. The Balaban J connectivity index is 1.69. The average molecular weight is 501 g/mol. The van der Waals surface area contributed by atoms with Crippen LogP contribution in [-0.2, 0) is 22.4 Å². The summed E-state index contributed by atoms with van der Waals surface area (Å²) in [5.74, 6) is -2.27. The molecule has 2 heterocycles. The van der Waals surface area contributed by atoms with Gasteiger partial charge in [0.1, 0.15) is 23.5 Å². The summed E-state index contributed by atoms with van der Waals surface area (Å²) in [5, 5.41) is 31.5. The summed E-state index contributed by atoms with van der Waals surface area (Å²) in [6, 6.07) is 3.95. The fourth-order valence-corrected chi connectivity index (χ4v) is 5.69. The quantitative estimate of drug-likeness (QED) is 0.259. The first-order valence-corrected chi connectivity index (χ1v) is 11.7. The van der Waals surface area contributed by atoms with Gasteiger partial charge in [-0.25, -0.2) is 4.98 Å².